The predicted molar refractivity (Wildman–Crippen MR) is 97.9 cm³/mol. The minimum atomic E-state index is -3.67. The summed E-state index contributed by atoms with van der Waals surface area (Å²) in [6.45, 7) is 2.20. The first-order valence-electron chi connectivity index (χ1n) is 9.28. The third kappa shape index (κ3) is 3.66. The SMILES string of the molecule is O=C1COc2ccc(S(=O)(=O)N3CCCC(CN4CCCC4=O)C3)cc2N1. The number of benzene rings is 1. The summed E-state index contributed by atoms with van der Waals surface area (Å²) in [4.78, 5) is 25.4. The van der Waals surface area contributed by atoms with Crippen molar-refractivity contribution in [1.82, 2.24) is 9.21 Å². The topological polar surface area (TPSA) is 96.0 Å². The lowest BCUT2D eigenvalue weighted by molar-refractivity contribution is -0.128. The van der Waals surface area contributed by atoms with E-state index in [2.05, 4.69) is 5.32 Å². The summed E-state index contributed by atoms with van der Waals surface area (Å²) >= 11 is 0. The van der Waals surface area contributed by atoms with Crippen molar-refractivity contribution in [3.63, 3.8) is 0 Å². The number of nitrogens with zero attached hydrogens (tertiary/aromatic N) is 2. The predicted octanol–water partition coefficient (Wildman–Crippen LogP) is 1.04. The molecule has 2 amide bonds. The number of fused-ring (bicyclic) bond motifs is 1. The first-order chi connectivity index (χ1) is 12.9. The molecular formula is C18H23N3O5S. The molecule has 1 N–H and O–H groups in total. The number of nitrogens with one attached hydrogen (secondary N) is 1. The Morgan fingerprint density at radius 3 is 2.81 bits per heavy atom. The monoisotopic (exact) mass is 393 g/mol. The van der Waals surface area contributed by atoms with Gasteiger partial charge in [-0.25, -0.2) is 8.42 Å². The van der Waals surface area contributed by atoms with E-state index >= 15 is 0 Å². The molecule has 146 valence electrons. The van der Waals surface area contributed by atoms with Gasteiger partial charge in [-0.15, -0.1) is 0 Å². The van der Waals surface area contributed by atoms with E-state index in [1.165, 1.54) is 16.4 Å². The van der Waals surface area contributed by atoms with Gasteiger partial charge in [0.1, 0.15) is 5.75 Å². The third-order valence-corrected chi connectivity index (χ3v) is 7.21. The van der Waals surface area contributed by atoms with Gasteiger partial charge in [0.25, 0.3) is 5.91 Å². The van der Waals surface area contributed by atoms with Gasteiger partial charge in [-0.1, -0.05) is 0 Å². The summed E-state index contributed by atoms with van der Waals surface area (Å²) in [5.74, 6) is 0.486. The van der Waals surface area contributed by atoms with Gasteiger partial charge in [0.15, 0.2) is 6.61 Å². The second-order valence-corrected chi connectivity index (χ2v) is 9.25. The van der Waals surface area contributed by atoms with Crippen LogP contribution in [0.3, 0.4) is 0 Å². The Kier molecular flexibility index (Phi) is 4.81. The smallest absolute Gasteiger partial charge is 0.262 e. The summed E-state index contributed by atoms with van der Waals surface area (Å²) in [6.07, 6.45) is 3.18. The summed E-state index contributed by atoms with van der Waals surface area (Å²) in [5, 5.41) is 2.65. The molecule has 0 aromatic heterocycles. The number of likely N-dealkylation sites (tertiary alicyclic amines) is 1. The van der Waals surface area contributed by atoms with Crippen molar-refractivity contribution < 1.29 is 22.7 Å². The molecule has 9 heteroatoms. The van der Waals surface area contributed by atoms with Gasteiger partial charge in [0.05, 0.1) is 10.6 Å². The van der Waals surface area contributed by atoms with E-state index in [1.54, 1.807) is 6.07 Å². The highest BCUT2D eigenvalue weighted by Crippen LogP contribution is 2.32. The van der Waals surface area contributed by atoms with Crippen LogP contribution in [-0.2, 0) is 19.6 Å². The van der Waals surface area contributed by atoms with Crippen molar-refractivity contribution in [1.29, 1.82) is 0 Å². The van der Waals surface area contributed by atoms with Crippen LogP contribution in [0.4, 0.5) is 5.69 Å². The van der Waals surface area contributed by atoms with Gasteiger partial charge in [0.2, 0.25) is 15.9 Å². The molecule has 2 saturated heterocycles. The van der Waals surface area contributed by atoms with Gasteiger partial charge in [-0.3, -0.25) is 9.59 Å². The van der Waals surface area contributed by atoms with E-state index in [1.807, 2.05) is 4.90 Å². The molecule has 2 fully saturated rings. The highest BCUT2D eigenvalue weighted by molar-refractivity contribution is 7.89. The van der Waals surface area contributed by atoms with E-state index in [4.69, 9.17) is 4.74 Å². The van der Waals surface area contributed by atoms with Crippen molar-refractivity contribution >= 4 is 27.5 Å². The molecular weight excluding hydrogens is 370 g/mol. The second-order valence-electron chi connectivity index (χ2n) is 7.31. The number of ether oxygens (including phenoxy) is 1. The van der Waals surface area contributed by atoms with Crippen LogP contribution in [0.15, 0.2) is 23.1 Å². The molecule has 3 aliphatic heterocycles. The van der Waals surface area contributed by atoms with Crippen LogP contribution in [0, 0.1) is 5.92 Å². The second kappa shape index (κ2) is 7.12. The highest BCUT2D eigenvalue weighted by atomic mass is 32.2. The summed E-state index contributed by atoms with van der Waals surface area (Å²) in [6, 6.07) is 4.54. The summed E-state index contributed by atoms with van der Waals surface area (Å²) < 4.78 is 33.0. The fourth-order valence-electron chi connectivity index (χ4n) is 3.97. The number of sulfonamides is 1. The molecule has 0 aliphatic carbocycles. The van der Waals surface area contributed by atoms with Crippen molar-refractivity contribution in [2.24, 2.45) is 5.92 Å². The van der Waals surface area contributed by atoms with E-state index in [0.717, 1.165) is 25.8 Å². The van der Waals surface area contributed by atoms with Gasteiger partial charge in [0, 0.05) is 32.6 Å². The molecule has 4 rings (SSSR count). The maximum absolute atomic E-state index is 13.1. The van der Waals surface area contributed by atoms with Gasteiger partial charge in [-0.05, 0) is 43.4 Å². The van der Waals surface area contributed by atoms with Crippen LogP contribution in [0.2, 0.25) is 0 Å². The Bertz CT molecular complexity index is 870. The van der Waals surface area contributed by atoms with Crippen LogP contribution in [-0.4, -0.2) is 62.2 Å². The van der Waals surface area contributed by atoms with Crippen molar-refractivity contribution in [3.8, 4) is 5.75 Å². The number of carbonyl (C=O) groups excluding carboxylic acids is 2. The van der Waals surface area contributed by atoms with Gasteiger partial charge in [-0.2, -0.15) is 4.31 Å². The zero-order chi connectivity index (χ0) is 19.0. The molecule has 3 heterocycles. The van der Waals surface area contributed by atoms with Gasteiger partial charge >= 0.3 is 0 Å². The number of amides is 2. The zero-order valence-electron chi connectivity index (χ0n) is 15.0. The standard InChI is InChI=1S/C18H23N3O5S/c22-17-12-26-16-6-5-14(9-15(16)19-17)27(24,25)21-8-1-3-13(11-21)10-20-7-2-4-18(20)23/h5-6,9,13H,1-4,7-8,10-12H2,(H,19,22). The molecule has 0 bridgehead atoms. The maximum Gasteiger partial charge on any atom is 0.262 e. The minimum absolute atomic E-state index is 0.0673. The average Bonchev–Trinajstić information content (AvgIpc) is 3.06. The number of hydrogen-bond acceptors (Lipinski definition) is 5. The molecule has 1 atom stereocenters. The fraction of sp³-hybridized carbons (Fsp3) is 0.556. The lowest BCUT2D eigenvalue weighted by Gasteiger charge is -2.34. The van der Waals surface area contributed by atoms with E-state index in [-0.39, 0.29) is 29.2 Å². The molecule has 27 heavy (non-hydrogen) atoms. The number of anilines is 1. The largest absolute Gasteiger partial charge is 0.482 e. The van der Waals surface area contributed by atoms with Crippen LogP contribution < -0.4 is 10.1 Å². The molecule has 8 nitrogen and oxygen atoms in total. The van der Waals surface area contributed by atoms with Crippen molar-refractivity contribution in [2.75, 3.05) is 38.1 Å². The first-order valence-corrected chi connectivity index (χ1v) is 10.7. The molecule has 0 saturated carbocycles. The maximum atomic E-state index is 13.1. The number of rotatable bonds is 4. The van der Waals surface area contributed by atoms with E-state index < -0.39 is 10.0 Å². The van der Waals surface area contributed by atoms with Crippen LogP contribution in [0.1, 0.15) is 25.7 Å². The molecule has 3 aliphatic rings. The average molecular weight is 393 g/mol. The van der Waals surface area contributed by atoms with E-state index in [9.17, 15) is 18.0 Å². The van der Waals surface area contributed by atoms with Crippen molar-refractivity contribution in [3.05, 3.63) is 18.2 Å². The molecule has 0 radical (unpaired) electrons. The lowest BCUT2D eigenvalue weighted by Crippen LogP contribution is -2.44. The van der Waals surface area contributed by atoms with Crippen LogP contribution >= 0.6 is 0 Å². The molecule has 1 unspecified atom stereocenters. The summed E-state index contributed by atoms with van der Waals surface area (Å²) in [5.41, 5.74) is 0.378. The quantitative estimate of drug-likeness (QED) is 0.825. The Morgan fingerprint density at radius 1 is 1.19 bits per heavy atom. The normalized spacial score (nSPS) is 23.7. The zero-order valence-corrected chi connectivity index (χ0v) is 15.8. The number of hydrogen-bond donors (Lipinski definition) is 1. The van der Waals surface area contributed by atoms with Crippen LogP contribution in [0.5, 0.6) is 5.75 Å². The number of carbonyl (C=O) groups is 2. The Balaban J connectivity index is 1.50. The Morgan fingerprint density at radius 2 is 2.04 bits per heavy atom. The molecule has 1 aromatic rings. The van der Waals surface area contributed by atoms with Crippen LogP contribution in [0.25, 0.3) is 0 Å². The van der Waals surface area contributed by atoms with E-state index in [0.29, 0.717) is 37.5 Å². The van der Waals surface area contributed by atoms with Crippen molar-refractivity contribution in [2.45, 2.75) is 30.6 Å². The lowest BCUT2D eigenvalue weighted by atomic mass is 9.99. The van der Waals surface area contributed by atoms with Gasteiger partial charge < -0.3 is 15.0 Å². The Hall–Kier alpha value is -2.13. The fourth-order valence-corrected chi connectivity index (χ4v) is 5.56. The Labute approximate surface area is 158 Å². The summed E-state index contributed by atoms with van der Waals surface area (Å²) in [7, 11) is -3.67. The number of piperidine rings is 1. The molecule has 1 aromatic carbocycles. The highest BCUT2D eigenvalue weighted by Gasteiger charge is 2.33. The first kappa shape index (κ1) is 18.2. The third-order valence-electron chi connectivity index (χ3n) is 5.35. The minimum Gasteiger partial charge on any atom is -0.482 e. The molecule has 0 spiro atoms.